The lowest BCUT2D eigenvalue weighted by Crippen LogP contribution is -2.18. The lowest BCUT2D eigenvalue weighted by molar-refractivity contribution is 0.243. The van der Waals surface area contributed by atoms with Gasteiger partial charge in [-0.15, -0.1) is 0 Å². The van der Waals surface area contributed by atoms with Gasteiger partial charge in [-0.3, -0.25) is 0 Å². The van der Waals surface area contributed by atoms with Crippen molar-refractivity contribution in [3.8, 4) is 11.8 Å². The van der Waals surface area contributed by atoms with Crippen molar-refractivity contribution in [3.63, 3.8) is 0 Å². The molecule has 1 aromatic rings. The Labute approximate surface area is 118 Å². The number of hydrogen-bond acceptors (Lipinski definition) is 3. The summed E-state index contributed by atoms with van der Waals surface area (Å²) in [6, 6.07) is 4.40. The molecule has 20 heavy (non-hydrogen) atoms. The van der Waals surface area contributed by atoms with E-state index in [-0.39, 0.29) is 12.6 Å². The third kappa shape index (κ3) is 4.78. The number of nitrogens with zero attached hydrogens (tertiary/aromatic N) is 1. The summed E-state index contributed by atoms with van der Waals surface area (Å²) in [7, 11) is 0. The van der Waals surface area contributed by atoms with Gasteiger partial charge in [0.05, 0.1) is 18.1 Å². The largest absolute Gasteiger partial charge is 0.488 e. The van der Waals surface area contributed by atoms with Crippen LogP contribution < -0.4 is 10.5 Å². The van der Waals surface area contributed by atoms with Crippen LogP contribution in [0.5, 0.6) is 5.75 Å². The number of benzene rings is 1. The number of ether oxygens (including phenoxy) is 1. The van der Waals surface area contributed by atoms with Gasteiger partial charge in [0.2, 0.25) is 0 Å². The summed E-state index contributed by atoms with van der Waals surface area (Å²) in [5, 5.41) is 8.86. The fraction of sp³-hybridized carbons (Fsp3) is 0.533. The molecule has 0 spiro atoms. The van der Waals surface area contributed by atoms with E-state index in [1.54, 1.807) is 20.8 Å². The molecule has 0 saturated heterocycles. The lowest BCUT2D eigenvalue weighted by Gasteiger charge is -2.16. The van der Waals surface area contributed by atoms with E-state index in [1.807, 2.05) is 0 Å². The molecular weight excluding hydrogens is 262 g/mol. The Balaban J connectivity index is 2.75. The van der Waals surface area contributed by atoms with Crippen molar-refractivity contribution < 1.29 is 13.5 Å². The normalized spacial score (nSPS) is 12.8. The number of nitrogens with two attached hydrogens (primary N) is 1. The first kappa shape index (κ1) is 16.4. The predicted octanol–water partition coefficient (Wildman–Crippen LogP) is 3.17. The van der Waals surface area contributed by atoms with E-state index in [9.17, 15) is 8.78 Å². The monoisotopic (exact) mass is 282 g/mol. The number of rotatable bonds is 6. The van der Waals surface area contributed by atoms with E-state index >= 15 is 0 Å². The maximum absolute atomic E-state index is 13.8. The molecule has 5 heteroatoms. The van der Waals surface area contributed by atoms with Gasteiger partial charge in [0, 0.05) is 6.04 Å². The van der Waals surface area contributed by atoms with Crippen LogP contribution in [-0.2, 0) is 6.42 Å². The number of hydrogen-bond donors (Lipinski definition) is 1. The van der Waals surface area contributed by atoms with Gasteiger partial charge in [0.25, 0.3) is 0 Å². The fourth-order valence-electron chi connectivity index (χ4n) is 1.70. The molecule has 1 rings (SSSR count). The summed E-state index contributed by atoms with van der Waals surface area (Å²) in [5.41, 5.74) is 5.52. The molecule has 0 amide bonds. The van der Waals surface area contributed by atoms with Crippen LogP contribution in [0.4, 0.5) is 8.78 Å². The highest BCUT2D eigenvalue weighted by Gasteiger charge is 2.18. The Hall–Kier alpha value is -1.67. The van der Waals surface area contributed by atoms with Crippen LogP contribution in [0.25, 0.3) is 0 Å². The van der Waals surface area contributed by atoms with E-state index in [0.29, 0.717) is 18.4 Å². The summed E-state index contributed by atoms with van der Waals surface area (Å²) in [6.07, 6.45) is 0.791. The Bertz CT molecular complexity index is 484. The zero-order chi connectivity index (χ0) is 15.3. The first-order valence-electron chi connectivity index (χ1n) is 6.53. The Kier molecular flexibility index (Phi) is 5.46. The van der Waals surface area contributed by atoms with Crippen molar-refractivity contribution >= 4 is 0 Å². The molecule has 0 aliphatic rings. The van der Waals surface area contributed by atoms with Gasteiger partial charge in [-0.2, -0.15) is 5.26 Å². The van der Waals surface area contributed by atoms with Gasteiger partial charge in [0.15, 0.2) is 17.4 Å². The second-order valence-corrected chi connectivity index (χ2v) is 5.66. The van der Waals surface area contributed by atoms with Crippen LogP contribution in [-0.4, -0.2) is 12.6 Å². The minimum Gasteiger partial charge on any atom is -0.488 e. The predicted molar refractivity (Wildman–Crippen MR) is 73.2 cm³/mol. The quantitative estimate of drug-likeness (QED) is 0.871. The van der Waals surface area contributed by atoms with E-state index < -0.39 is 22.8 Å². The maximum atomic E-state index is 13.8. The summed E-state index contributed by atoms with van der Waals surface area (Å²) in [5.74, 6) is -1.88. The van der Waals surface area contributed by atoms with Crippen LogP contribution in [0.15, 0.2) is 12.1 Å². The molecule has 0 saturated carbocycles. The molecule has 0 fully saturated rings. The van der Waals surface area contributed by atoms with Crippen molar-refractivity contribution in [1.29, 1.82) is 5.26 Å². The molecule has 1 unspecified atom stereocenters. The molecule has 3 nitrogen and oxygen atoms in total. The Morgan fingerprint density at radius 3 is 2.35 bits per heavy atom. The topological polar surface area (TPSA) is 59.0 Å². The highest BCUT2D eigenvalue weighted by molar-refractivity contribution is 5.31. The molecular formula is C15H20F2N2O. The molecule has 0 aromatic heterocycles. The second-order valence-electron chi connectivity index (χ2n) is 5.66. The zero-order valence-corrected chi connectivity index (χ0v) is 12.0. The lowest BCUT2D eigenvalue weighted by atomic mass is 9.92. The molecule has 0 heterocycles. The smallest absolute Gasteiger partial charge is 0.190 e. The molecule has 2 N–H and O–H groups in total. The van der Waals surface area contributed by atoms with E-state index in [2.05, 4.69) is 6.07 Å². The van der Waals surface area contributed by atoms with Gasteiger partial charge in [-0.1, -0.05) is 0 Å². The molecule has 110 valence electrons. The fourth-order valence-corrected chi connectivity index (χ4v) is 1.70. The summed E-state index contributed by atoms with van der Waals surface area (Å²) >= 11 is 0. The highest BCUT2D eigenvalue weighted by atomic mass is 19.1. The average molecular weight is 282 g/mol. The first-order valence-corrected chi connectivity index (χ1v) is 6.53. The molecule has 0 aliphatic heterocycles. The number of halogens is 2. The van der Waals surface area contributed by atoms with E-state index in [0.717, 1.165) is 0 Å². The Morgan fingerprint density at radius 1 is 1.35 bits per heavy atom. The summed E-state index contributed by atoms with van der Waals surface area (Å²) in [4.78, 5) is 0. The molecule has 1 atom stereocenters. The second kappa shape index (κ2) is 6.67. The molecule has 0 bridgehead atoms. The van der Waals surface area contributed by atoms with Crippen LogP contribution >= 0.6 is 0 Å². The van der Waals surface area contributed by atoms with Crippen LogP contribution in [0.1, 0.15) is 32.8 Å². The van der Waals surface area contributed by atoms with Gasteiger partial charge in [-0.25, -0.2) is 8.78 Å². The van der Waals surface area contributed by atoms with Gasteiger partial charge < -0.3 is 10.5 Å². The van der Waals surface area contributed by atoms with E-state index in [4.69, 9.17) is 15.7 Å². The minimum atomic E-state index is -0.740. The molecule has 1 aromatic carbocycles. The van der Waals surface area contributed by atoms with Crippen LogP contribution in [0.2, 0.25) is 0 Å². The van der Waals surface area contributed by atoms with Crippen LogP contribution in [0, 0.1) is 28.4 Å². The highest BCUT2D eigenvalue weighted by Crippen LogP contribution is 2.25. The van der Waals surface area contributed by atoms with Crippen molar-refractivity contribution in [2.45, 2.75) is 39.7 Å². The van der Waals surface area contributed by atoms with Crippen molar-refractivity contribution in [2.75, 3.05) is 6.61 Å². The first-order chi connectivity index (χ1) is 9.25. The van der Waals surface area contributed by atoms with Gasteiger partial charge >= 0.3 is 0 Å². The van der Waals surface area contributed by atoms with E-state index in [1.165, 1.54) is 12.1 Å². The minimum absolute atomic E-state index is 0.0844. The number of nitriles is 1. The van der Waals surface area contributed by atoms with Crippen molar-refractivity contribution in [3.05, 3.63) is 29.3 Å². The summed E-state index contributed by atoms with van der Waals surface area (Å²) < 4.78 is 32.7. The molecule has 0 radical (unpaired) electrons. The van der Waals surface area contributed by atoms with Gasteiger partial charge in [0.1, 0.15) is 0 Å². The Morgan fingerprint density at radius 2 is 1.90 bits per heavy atom. The molecule has 0 aliphatic carbocycles. The maximum Gasteiger partial charge on any atom is 0.190 e. The third-order valence-electron chi connectivity index (χ3n) is 2.89. The standard InChI is InChI=1S/C15H20F2N2O/c1-10(19)6-11-7-12(16)14(13(17)8-11)20-5-4-15(2,3)9-18/h7-8,10H,4-6,19H2,1-3H3. The van der Waals surface area contributed by atoms with Gasteiger partial charge in [-0.05, 0) is 51.3 Å². The van der Waals surface area contributed by atoms with Crippen molar-refractivity contribution in [1.82, 2.24) is 0 Å². The zero-order valence-electron chi connectivity index (χ0n) is 12.0. The summed E-state index contributed by atoms with van der Waals surface area (Å²) in [6.45, 7) is 5.34. The van der Waals surface area contributed by atoms with Crippen LogP contribution in [0.3, 0.4) is 0 Å². The van der Waals surface area contributed by atoms with Crippen molar-refractivity contribution in [2.24, 2.45) is 11.1 Å². The third-order valence-corrected chi connectivity index (χ3v) is 2.89. The average Bonchev–Trinajstić information content (AvgIpc) is 2.32. The SMILES string of the molecule is CC(N)Cc1cc(F)c(OCCC(C)(C)C#N)c(F)c1.